The van der Waals surface area contributed by atoms with Gasteiger partial charge in [-0.25, -0.2) is 0 Å². The Morgan fingerprint density at radius 1 is 1.29 bits per heavy atom. The number of benzene rings is 1. The molecular formula is C18H28N2O. The highest BCUT2D eigenvalue weighted by Gasteiger charge is 2.37. The molecule has 0 unspecified atom stereocenters. The molecule has 0 aromatic heterocycles. The molecule has 3 heteroatoms. The molecule has 0 aliphatic heterocycles. The van der Waals surface area contributed by atoms with Crippen molar-refractivity contribution in [2.75, 3.05) is 6.54 Å². The van der Waals surface area contributed by atoms with Crippen LogP contribution in [0.1, 0.15) is 62.6 Å². The normalized spacial score (nSPS) is 19.6. The number of amides is 1. The van der Waals surface area contributed by atoms with Crippen molar-refractivity contribution in [2.24, 2.45) is 11.1 Å². The molecule has 0 spiro atoms. The molecule has 1 saturated carbocycles. The molecule has 2 rings (SSSR count). The van der Waals surface area contributed by atoms with E-state index in [2.05, 4.69) is 30.4 Å². The van der Waals surface area contributed by atoms with E-state index in [1.165, 1.54) is 18.4 Å². The number of carbonyl (C=O) groups is 1. The minimum absolute atomic E-state index is 0.0316. The first-order valence-electron chi connectivity index (χ1n) is 8.15. The van der Waals surface area contributed by atoms with Gasteiger partial charge in [0, 0.05) is 6.54 Å². The Morgan fingerprint density at radius 3 is 2.52 bits per heavy atom. The fourth-order valence-electron chi connectivity index (χ4n) is 3.30. The minimum atomic E-state index is -0.353. The quantitative estimate of drug-likeness (QED) is 0.833. The Kier molecular flexibility index (Phi) is 5.40. The molecule has 0 radical (unpaired) electrons. The molecule has 21 heavy (non-hydrogen) atoms. The lowest BCUT2D eigenvalue weighted by Crippen LogP contribution is -2.46. The van der Waals surface area contributed by atoms with E-state index in [1.807, 2.05) is 13.0 Å². The van der Waals surface area contributed by atoms with Crippen molar-refractivity contribution in [3.63, 3.8) is 0 Å². The van der Waals surface area contributed by atoms with Gasteiger partial charge < -0.3 is 11.1 Å². The summed E-state index contributed by atoms with van der Waals surface area (Å²) in [6.07, 6.45) is 6.53. The van der Waals surface area contributed by atoms with Crippen molar-refractivity contribution >= 4 is 5.91 Å². The molecule has 1 fully saturated rings. The summed E-state index contributed by atoms with van der Waals surface area (Å²) in [6.45, 7) is 4.58. The SMILES string of the molecule is Cc1cccc([C@H](C)NC(=O)C2(CN)CCCCCC2)c1. The summed E-state index contributed by atoms with van der Waals surface area (Å²) in [4.78, 5) is 12.8. The third-order valence-corrected chi connectivity index (χ3v) is 4.82. The Bertz CT molecular complexity index is 476. The molecule has 0 heterocycles. The molecule has 1 aromatic carbocycles. The van der Waals surface area contributed by atoms with E-state index in [-0.39, 0.29) is 17.4 Å². The number of rotatable bonds is 4. The van der Waals surface area contributed by atoms with Crippen LogP contribution >= 0.6 is 0 Å². The summed E-state index contributed by atoms with van der Waals surface area (Å²) >= 11 is 0. The van der Waals surface area contributed by atoms with Crippen molar-refractivity contribution in [3.05, 3.63) is 35.4 Å². The molecule has 1 amide bonds. The highest BCUT2D eigenvalue weighted by molar-refractivity contribution is 5.83. The van der Waals surface area contributed by atoms with Gasteiger partial charge in [0.05, 0.1) is 11.5 Å². The molecule has 3 nitrogen and oxygen atoms in total. The molecule has 1 atom stereocenters. The van der Waals surface area contributed by atoms with Crippen molar-refractivity contribution in [1.29, 1.82) is 0 Å². The first-order valence-corrected chi connectivity index (χ1v) is 8.15. The molecule has 0 bridgehead atoms. The lowest BCUT2D eigenvalue weighted by atomic mass is 9.79. The number of carbonyl (C=O) groups excluding carboxylic acids is 1. The van der Waals surface area contributed by atoms with Crippen molar-refractivity contribution in [3.8, 4) is 0 Å². The molecule has 1 aromatic rings. The second-order valence-electron chi connectivity index (χ2n) is 6.51. The van der Waals surface area contributed by atoms with E-state index < -0.39 is 0 Å². The topological polar surface area (TPSA) is 55.1 Å². The van der Waals surface area contributed by atoms with Crippen LogP contribution in [0.25, 0.3) is 0 Å². The Balaban J connectivity index is 2.08. The fourth-order valence-corrected chi connectivity index (χ4v) is 3.30. The maximum absolute atomic E-state index is 12.8. The Labute approximate surface area is 128 Å². The second kappa shape index (κ2) is 7.08. The highest BCUT2D eigenvalue weighted by Crippen LogP contribution is 2.35. The molecule has 1 aliphatic carbocycles. The van der Waals surface area contributed by atoms with Crippen LogP contribution in [-0.2, 0) is 4.79 Å². The van der Waals surface area contributed by atoms with E-state index >= 15 is 0 Å². The summed E-state index contributed by atoms with van der Waals surface area (Å²) in [6, 6.07) is 8.35. The van der Waals surface area contributed by atoms with E-state index in [1.54, 1.807) is 0 Å². The lowest BCUT2D eigenvalue weighted by molar-refractivity contribution is -0.132. The van der Waals surface area contributed by atoms with Crippen LogP contribution in [0, 0.1) is 12.3 Å². The van der Waals surface area contributed by atoms with Gasteiger partial charge in [-0.05, 0) is 32.3 Å². The van der Waals surface area contributed by atoms with Crippen LogP contribution < -0.4 is 11.1 Å². The van der Waals surface area contributed by atoms with Crippen molar-refractivity contribution in [2.45, 2.75) is 58.4 Å². The van der Waals surface area contributed by atoms with Crippen LogP contribution in [0.5, 0.6) is 0 Å². The van der Waals surface area contributed by atoms with E-state index in [0.29, 0.717) is 6.54 Å². The average molecular weight is 288 g/mol. The minimum Gasteiger partial charge on any atom is -0.349 e. The van der Waals surface area contributed by atoms with E-state index in [0.717, 1.165) is 31.2 Å². The molecule has 116 valence electrons. The van der Waals surface area contributed by atoms with E-state index in [4.69, 9.17) is 5.73 Å². The summed E-state index contributed by atoms with van der Waals surface area (Å²) < 4.78 is 0. The van der Waals surface area contributed by atoms with Gasteiger partial charge >= 0.3 is 0 Å². The van der Waals surface area contributed by atoms with Gasteiger partial charge in [-0.3, -0.25) is 4.79 Å². The molecule has 3 N–H and O–H groups in total. The van der Waals surface area contributed by atoms with Gasteiger partial charge in [0.1, 0.15) is 0 Å². The van der Waals surface area contributed by atoms with Gasteiger partial charge in [0.25, 0.3) is 0 Å². The largest absolute Gasteiger partial charge is 0.349 e. The van der Waals surface area contributed by atoms with Crippen molar-refractivity contribution in [1.82, 2.24) is 5.32 Å². The van der Waals surface area contributed by atoms with Gasteiger partial charge in [-0.15, -0.1) is 0 Å². The Morgan fingerprint density at radius 2 is 1.95 bits per heavy atom. The maximum atomic E-state index is 12.8. The average Bonchev–Trinajstić information content (AvgIpc) is 2.73. The van der Waals surface area contributed by atoms with Gasteiger partial charge in [-0.1, -0.05) is 55.5 Å². The molecule has 1 aliphatic rings. The third-order valence-electron chi connectivity index (χ3n) is 4.82. The maximum Gasteiger partial charge on any atom is 0.227 e. The van der Waals surface area contributed by atoms with Gasteiger partial charge in [0.2, 0.25) is 5.91 Å². The van der Waals surface area contributed by atoms with E-state index in [9.17, 15) is 4.79 Å². The van der Waals surface area contributed by atoms with Crippen LogP contribution in [0.2, 0.25) is 0 Å². The zero-order valence-electron chi connectivity index (χ0n) is 13.3. The van der Waals surface area contributed by atoms with Crippen LogP contribution in [0.3, 0.4) is 0 Å². The fraction of sp³-hybridized carbons (Fsp3) is 0.611. The molecule has 0 saturated heterocycles. The zero-order valence-corrected chi connectivity index (χ0v) is 13.3. The Hall–Kier alpha value is -1.35. The summed E-state index contributed by atoms with van der Waals surface area (Å²) in [7, 11) is 0. The summed E-state index contributed by atoms with van der Waals surface area (Å²) in [5, 5.41) is 3.19. The zero-order chi connectivity index (χ0) is 15.3. The summed E-state index contributed by atoms with van der Waals surface area (Å²) in [5.41, 5.74) is 8.01. The number of aryl methyl sites for hydroxylation is 1. The predicted octanol–water partition coefficient (Wildman–Crippen LogP) is 3.47. The molecular weight excluding hydrogens is 260 g/mol. The first kappa shape index (κ1) is 16.0. The second-order valence-corrected chi connectivity index (χ2v) is 6.51. The predicted molar refractivity (Wildman–Crippen MR) is 86.9 cm³/mol. The van der Waals surface area contributed by atoms with Crippen LogP contribution in [-0.4, -0.2) is 12.5 Å². The number of nitrogens with two attached hydrogens (primary N) is 1. The smallest absolute Gasteiger partial charge is 0.227 e. The van der Waals surface area contributed by atoms with Gasteiger partial charge in [-0.2, -0.15) is 0 Å². The highest BCUT2D eigenvalue weighted by atomic mass is 16.2. The van der Waals surface area contributed by atoms with Crippen LogP contribution in [0.4, 0.5) is 0 Å². The standard InChI is InChI=1S/C18H28N2O/c1-14-8-7-9-16(12-14)15(2)20-17(21)18(13-19)10-5-3-4-6-11-18/h7-9,12,15H,3-6,10-11,13,19H2,1-2H3,(H,20,21)/t15-/m0/s1. The first-order chi connectivity index (χ1) is 10.1. The van der Waals surface area contributed by atoms with Crippen LogP contribution in [0.15, 0.2) is 24.3 Å². The monoisotopic (exact) mass is 288 g/mol. The number of hydrogen-bond acceptors (Lipinski definition) is 2. The summed E-state index contributed by atoms with van der Waals surface area (Å²) in [5.74, 6) is 0.140. The lowest BCUT2D eigenvalue weighted by Gasteiger charge is -2.31. The van der Waals surface area contributed by atoms with Gasteiger partial charge in [0.15, 0.2) is 0 Å². The number of hydrogen-bond donors (Lipinski definition) is 2. The third kappa shape index (κ3) is 3.85. The van der Waals surface area contributed by atoms with Crippen molar-refractivity contribution < 1.29 is 4.79 Å². The number of nitrogens with one attached hydrogen (secondary N) is 1.